The Bertz CT molecular complexity index is 874. The SMILES string of the molecule is CC(C)(C)OC(=O)NC(CO)(CO)CCCc1ccc(NC(=O)OCc2ccccc2)cc1. The monoisotopic (exact) mass is 458 g/mol. The number of aryl methyl sites for hydroxylation is 1. The minimum atomic E-state index is -1.16. The zero-order chi connectivity index (χ0) is 24.3. The summed E-state index contributed by atoms with van der Waals surface area (Å²) < 4.78 is 10.4. The van der Waals surface area contributed by atoms with Crippen LogP contribution in [0.2, 0.25) is 0 Å². The zero-order valence-corrected chi connectivity index (χ0v) is 19.5. The molecule has 33 heavy (non-hydrogen) atoms. The molecular formula is C25H34N2O6. The fraction of sp³-hybridized carbons (Fsp3) is 0.440. The molecule has 0 saturated heterocycles. The van der Waals surface area contributed by atoms with E-state index in [-0.39, 0.29) is 6.61 Å². The summed E-state index contributed by atoms with van der Waals surface area (Å²) in [5.41, 5.74) is 0.700. The second-order valence-corrected chi connectivity index (χ2v) is 8.96. The molecular weight excluding hydrogens is 424 g/mol. The van der Waals surface area contributed by atoms with Gasteiger partial charge in [-0.2, -0.15) is 0 Å². The van der Waals surface area contributed by atoms with Crippen molar-refractivity contribution in [2.45, 2.75) is 57.8 Å². The molecule has 0 aliphatic rings. The van der Waals surface area contributed by atoms with Crippen LogP contribution in [0.3, 0.4) is 0 Å². The van der Waals surface area contributed by atoms with Crippen LogP contribution < -0.4 is 10.6 Å². The predicted octanol–water partition coefficient (Wildman–Crippen LogP) is 4.01. The van der Waals surface area contributed by atoms with Gasteiger partial charge in [-0.05, 0) is 63.3 Å². The molecule has 0 saturated carbocycles. The highest BCUT2D eigenvalue weighted by molar-refractivity contribution is 5.84. The second kappa shape index (κ2) is 12.2. The molecule has 0 atom stereocenters. The molecule has 180 valence electrons. The van der Waals surface area contributed by atoms with Crippen molar-refractivity contribution in [2.75, 3.05) is 18.5 Å². The number of rotatable bonds is 10. The summed E-state index contributed by atoms with van der Waals surface area (Å²) in [6.45, 7) is 4.61. The summed E-state index contributed by atoms with van der Waals surface area (Å²) in [6, 6.07) is 16.8. The summed E-state index contributed by atoms with van der Waals surface area (Å²) >= 11 is 0. The van der Waals surface area contributed by atoms with Crippen LogP contribution in [-0.2, 0) is 22.5 Å². The maximum Gasteiger partial charge on any atom is 0.411 e. The van der Waals surface area contributed by atoms with Gasteiger partial charge in [-0.15, -0.1) is 0 Å². The number of aliphatic hydroxyl groups excluding tert-OH is 2. The van der Waals surface area contributed by atoms with Gasteiger partial charge in [-0.1, -0.05) is 42.5 Å². The molecule has 2 aromatic rings. The highest BCUT2D eigenvalue weighted by atomic mass is 16.6. The first kappa shape index (κ1) is 26.2. The quantitative estimate of drug-likeness (QED) is 0.427. The van der Waals surface area contributed by atoms with Gasteiger partial charge in [-0.25, -0.2) is 9.59 Å². The van der Waals surface area contributed by atoms with Crippen molar-refractivity contribution >= 4 is 17.9 Å². The summed E-state index contributed by atoms with van der Waals surface area (Å²) in [5, 5.41) is 24.8. The van der Waals surface area contributed by atoms with Gasteiger partial charge < -0.3 is 25.0 Å². The standard InChI is InChI=1S/C25H34N2O6/c1-24(2,3)33-23(31)27-25(17-28,18-29)15-7-10-19-11-13-21(14-12-19)26-22(30)32-16-20-8-5-4-6-9-20/h4-6,8-9,11-14,28-29H,7,10,15-18H2,1-3H3,(H,26,30)(H,27,31). The smallest absolute Gasteiger partial charge is 0.411 e. The predicted molar refractivity (Wildman–Crippen MR) is 126 cm³/mol. The molecule has 8 nitrogen and oxygen atoms in total. The Hall–Kier alpha value is -3.10. The van der Waals surface area contributed by atoms with Gasteiger partial charge in [0.15, 0.2) is 0 Å². The number of anilines is 1. The average Bonchev–Trinajstić information content (AvgIpc) is 2.77. The Balaban J connectivity index is 1.81. The first-order valence-electron chi connectivity index (χ1n) is 10.9. The Morgan fingerprint density at radius 2 is 1.52 bits per heavy atom. The van der Waals surface area contributed by atoms with E-state index in [1.165, 1.54) is 0 Å². The highest BCUT2D eigenvalue weighted by Crippen LogP contribution is 2.18. The van der Waals surface area contributed by atoms with Crippen molar-refractivity contribution in [3.05, 3.63) is 65.7 Å². The van der Waals surface area contributed by atoms with Crippen molar-refractivity contribution in [1.29, 1.82) is 0 Å². The molecule has 4 N–H and O–H groups in total. The van der Waals surface area contributed by atoms with Gasteiger partial charge in [-0.3, -0.25) is 5.32 Å². The van der Waals surface area contributed by atoms with E-state index >= 15 is 0 Å². The molecule has 0 aliphatic carbocycles. The lowest BCUT2D eigenvalue weighted by molar-refractivity contribution is 0.0271. The molecule has 0 bridgehead atoms. The van der Waals surface area contributed by atoms with Gasteiger partial charge in [0, 0.05) is 5.69 Å². The van der Waals surface area contributed by atoms with E-state index in [9.17, 15) is 19.8 Å². The molecule has 0 fully saturated rings. The van der Waals surface area contributed by atoms with Crippen LogP contribution in [0.5, 0.6) is 0 Å². The molecule has 0 aromatic heterocycles. The number of alkyl carbamates (subject to hydrolysis) is 1. The van der Waals surface area contributed by atoms with Crippen LogP contribution in [0.4, 0.5) is 15.3 Å². The third-order valence-corrected chi connectivity index (χ3v) is 4.91. The van der Waals surface area contributed by atoms with E-state index in [2.05, 4.69) is 10.6 Å². The summed E-state index contributed by atoms with van der Waals surface area (Å²) in [5.74, 6) is 0. The number of hydrogen-bond donors (Lipinski definition) is 4. The van der Waals surface area contributed by atoms with Crippen LogP contribution in [-0.4, -0.2) is 46.8 Å². The molecule has 0 unspecified atom stereocenters. The van der Waals surface area contributed by atoms with Crippen LogP contribution in [0, 0.1) is 0 Å². The molecule has 2 aromatic carbocycles. The molecule has 8 heteroatoms. The number of nitrogens with one attached hydrogen (secondary N) is 2. The fourth-order valence-electron chi connectivity index (χ4n) is 3.13. The Labute approximate surface area is 194 Å². The van der Waals surface area contributed by atoms with Crippen LogP contribution in [0.15, 0.2) is 54.6 Å². The Morgan fingerprint density at radius 3 is 2.09 bits per heavy atom. The number of benzene rings is 2. The second-order valence-electron chi connectivity index (χ2n) is 8.96. The largest absolute Gasteiger partial charge is 0.444 e. The molecule has 2 amide bonds. The van der Waals surface area contributed by atoms with Crippen molar-refractivity contribution < 1.29 is 29.3 Å². The third kappa shape index (κ3) is 9.51. The fourth-order valence-corrected chi connectivity index (χ4v) is 3.13. The van der Waals surface area contributed by atoms with E-state index < -0.39 is 36.5 Å². The van der Waals surface area contributed by atoms with E-state index in [0.717, 1.165) is 11.1 Å². The van der Waals surface area contributed by atoms with E-state index in [1.54, 1.807) is 32.9 Å². The normalized spacial score (nSPS) is 11.5. The minimum Gasteiger partial charge on any atom is -0.444 e. The number of carbonyl (C=O) groups is 2. The van der Waals surface area contributed by atoms with E-state index in [4.69, 9.17) is 9.47 Å². The van der Waals surface area contributed by atoms with Gasteiger partial charge in [0.05, 0.1) is 18.8 Å². The maximum absolute atomic E-state index is 12.1. The Kier molecular flexibility index (Phi) is 9.69. The van der Waals surface area contributed by atoms with Crippen molar-refractivity contribution in [3.63, 3.8) is 0 Å². The van der Waals surface area contributed by atoms with E-state index in [1.807, 2.05) is 42.5 Å². The summed E-state index contributed by atoms with van der Waals surface area (Å²) in [7, 11) is 0. The van der Waals surface area contributed by atoms with E-state index in [0.29, 0.717) is 24.9 Å². The van der Waals surface area contributed by atoms with Crippen LogP contribution in [0.1, 0.15) is 44.7 Å². The molecule has 0 heterocycles. The minimum absolute atomic E-state index is 0.194. The lowest BCUT2D eigenvalue weighted by atomic mass is 9.93. The maximum atomic E-state index is 12.1. The van der Waals surface area contributed by atoms with Crippen molar-refractivity contribution in [2.24, 2.45) is 0 Å². The average molecular weight is 459 g/mol. The number of hydrogen-bond acceptors (Lipinski definition) is 6. The summed E-state index contributed by atoms with van der Waals surface area (Å²) in [6.07, 6.45) is 0.431. The van der Waals surface area contributed by atoms with Crippen molar-refractivity contribution in [3.8, 4) is 0 Å². The first-order chi connectivity index (χ1) is 15.6. The molecule has 2 rings (SSSR count). The van der Waals surface area contributed by atoms with Gasteiger partial charge in [0.25, 0.3) is 0 Å². The zero-order valence-electron chi connectivity index (χ0n) is 19.5. The Morgan fingerprint density at radius 1 is 0.879 bits per heavy atom. The lowest BCUT2D eigenvalue weighted by Gasteiger charge is -2.32. The van der Waals surface area contributed by atoms with Crippen molar-refractivity contribution in [1.82, 2.24) is 5.32 Å². The van der Waals surface area contributed by atoms with Gasteiger partial charge >= 0.3 is 12.2 Å². The van der Waals surface area contributed by atoms with Gasteiger partial charge in [0.1, 0.15) is 12.2 Å². The van der Waals surface area contributed by atoms with Crippen LogP contribution >= 0.6 is 0 Å². The number of ether oxygens (including phenoxy) is 2. The molecule has 0 radical (unpaired) electrons. The summed E-state index contributed by atoms with van der Waals surface area (Å²) in [4.78, 5) is 24.0. The van der Waals surface area contributed by atoms with Gasteiger partial charge in [0.2, 0.25) is 0 Å². The lowest BCUT2D eigenvalue weighted by Crippen LogP contribution is -2.55. The first-order valence-corrected chi connectivity index (χ1v) is 10.9. The molecule has 0 aliphatic heterocycles. The highest BCUT2D eigenvalue weighted by Gasteiger charge is 2.32. The topological polar surface area (TPSA) is 117 Å². The number of amides is 2. The third-order valence-electron chi connectivity index (χ3n) is 4.91. The number of aliphatic hydroxyl groups is 2. The molecule has 0 spiro atoms. The number of carbonyl (C=O) groups excluding carboxylic acids is 2. The van der Waals surface area contributed by atoms with Crippen LogP contribution in [0.25, 0.3) is 0 Å².